The number of ether oxygens (including phenoxy) is 2. The van der Waals surface area contributed by atoms with Gasteiger partial charge in [0.05, 0.1) is 24.7 Å². The molecule has 2 saturated heterocycles. The van der Waals surface area contributed by atoms with Gasteiger partial charge in [-0.2, -0.15) is 4.31 Å². The number of hydrogen-bond acceptors (Lipinski definition) is 8. The molecule has 0 radical (unpaired) electrons. The maximum atomic E-state index is 14.8. The number of nitrogens with one attached hydrogen (secondary N) is 1. The molecule has 2 heterocycles. The molecule has 2 aromatic carbocycles. The van der Waals surface area contributed by atoms with Gasteiger partial charge in [0, 0.05) is 37.7 Å². The molecule has 2 amide bonds. The Bertz CT molecular complexity index is 1270. The monoisotopic (exact) mass is 574 g/mol. The number of carbonyl (C=O) groups excluding carboxylic acids is 2. The number of morpholine rings is 1. The Hall–Kier alpha value is -2.88. The molecule has 0 saturated carbocycles. The number of benzene rings is 2. The summed E-state index contributed by atoms with van der Waals surface area (Å²) in [4.78, 5) is 27.6. The van der Waals surface area contributed by atoms with Gasteiger partial charge in [0.1, 0.15) is 11.8 Å². The van der Waals surface area contributed by atoms with E-state index >= 15 is 0 Å². The van der Waals surface area contributed by atoms with E-state index in [1.807, 2.05) is 4.90 Å². The van der Waals surface area contributed by atoms with Crippen LogP contribution >= 0.6 is 11.6 Å². The van der Waals surface area contributed by atoms with Crippen LogP contribution in [0.2, 0.25) is 5.02 Å². The van der Waals surface area contributed by atoms with Crippen LogP contribution in [0.4, 0.5) is 8.78 Å². The van der Waals surface area contributed by atoms with E-state index in [0.717, 1.165) is 0 Å². The summed E-state index contributed by atoms with van der Waals surface area (Å²) in [5, 5.41) is 9.60. The summed E-state index contributed by atoms with van der Waals surface area (Å²) >= 11 is 5.79. The third kappa shape index (κ3) is 6.22. The van der Waals surface area contributed by atoms with Crippen molar-refractivity contribution in [3.63, 3.8) is 0 Å². The van der Waals surface area contributed by atoms with Gasteiger partial charge in [-0.1, -0.05) is 11.6 Å². The summed E-state index contributed by atoms with van der Waals surface area (Å²) in [6.07, 6.45) is 0. The Morgan fingerprint density at radius 1 is 1.08 bits per heavy atom. The first-order chi connectivity index (χ1) is 18.1. The number of hydrogen-bond donors (Lipinski definition) is 2. The number of rotatable bonds is 7. The summed E-state index contributed by atoms with van der Waals surface area (Å²) < 4.78 is 67.6. The normalized spacial score (nSPS) is 19.3. The fourth-order valence-electron chi connectivity index (χ4n) is 4.16. The quantitative estimate of drug-likeness (QED) is 0.376. The summed E-state index contributed by atoms with van der Waals surface area (Å²) in [6, 6.07) is 5.27. The van der Waals surface area contributed by atoms with Crippen molar-refractivity contribution in [3.8, 4) is 11.5 Å². The molecule has 0 bridgehead atoms. The van der Waals surface area contributed by atoms with Gasteiger partial charge in [0.15, 0.2) is 17.4 Å². The van der Waals surface area contributed by atoms with E-state index in [4.69, 9.17) is 21.1 Å². The first kappa shape index (κ1) is 28.1. The van der Waals surface area contributed by atoms with Gasteiger partial charge in [-0.25, -0.2) is 22.7 Å². The molecule has 0 aliphatic carbocycles. The van der Waals surface area contributed by atoms with Crippen molar-refractivity contribution in [1.29, 1.82) is 0 Å². The molecule has 0 unspecified atom stereocenters. The van der Waals surface area contributed by atoms with Crippen LogP contribution in [0.3, 0.4) is 0 Å². The predicted molar refractivity (Wildman–Crippen MR) is 129 cm³/mol. The molecule has 4 rings (SSSR count). The highest BCUT2D eigenvalue weighted by Gasteiger charge is 2.42. The summed E-state index contributed by atoms with van der Waals surface area (Å²) in [5.74, 6) is -4.77. The molecule has 2 aliphatic rings. The Morgan fingerprint density at radius 2 is 1.71 bits per heavy atom. The molecule has 2 aliphatic heterocycles. The number of nitrogens with zero attached hydrogens (tertiary/aromatic N) is 3. The molecule has 11 nitrogen and oxygen atoms in total. The van der Waals surface area contributed by atoms with Crippen LogP contribution in [0, 0.1) is 11.6 Å². The van der Waals surface area contributed by atoms with Gasteiger partial charge < -0.3 is 14.4 Å². The first-order valence-electron chi connectivity index (χ1n) is 11.6. The van der Waals surface area contributed by atoms with E-state index < -0.39 is 44.3 Å². The zero-order valence-corrected chi connectivity index (χ0v) is 21.6. The lowest BCUT2D eigenvalue weighted by atomic mass is 10.2. The van der Waals surface area contributed by atoms with Crippen molar-refractivity contribution >= 4 is 33.4 Å². The Labute approximate surface area is 222 Å². The van der Waals surface area contributed by atoms with E-state index in [-0.39, 0.29) is 37.8 Å². The average Bonchev–Trinajstić information content (AvgIpc) is 2.91. The summed E-state index contributed by atoms with van der Waals surface area (Å²) in [5.41, 5.74) is 1.40. The molecule has 206 valence electrons. The smallest absolute Gasteiger partial charge is 0.263 e. The fraction of sp³-hybridized carbons (Fsp3) is 0.391. The number of piperazine rings is 1. The summed E-state index contributed by atoms with van der Waals surface area (Å²) in [7, 11) is -4.64. The van der Waals surface area contributed by atoms with Crippen LogP contribution in [-0.4, -0.2) is 98.1 Å². The average molecular weight is 575 g/mol. The zero-order chi connectivity index (χ0) is 27.4. The zero-order valence-electron chi connectivity index (χ0n) is 20.0. The molecule has 2 fully saturated rings. The van der Waals surface area contributed by atoms with Crippen molar-refractivity contribution in [2.24, 2.45) is 0 Å². The molecular formula is C23H25ClF2N4O7S. The van der Waals surface area contributed by atoms with Gasteiger partial charge in [-0.3, -0.25) is 19.7 Å². The van der Waals surface area contributed by atoms with E-state index in [0.29, 0.717) is 47.8 Å². The minimum Gasteiger partial charge on any atom is -0.451 e. The third-order valence-electron chi connectivity index (χ3n) is 6.17. The van der Waals surface area contributed by atoms with Gasteiger partial charge in [0.2, 0.25) is 15.9 Å². The first-order valence-corrected chi connectivity index (χ1v) is 13.4. The van der Waals surface area contributed by atoms with E-state index in [1.54, 1.807) is 0 Å². The van der Waals surface area contributed by atoms with Crippen LogP contribution in [-0.2, 0) is 24.3 Å². The molecule has 0 spiro atoms. The third-order valence-corrected chi connectivity index (χ3v) is 8.31. The van der Waals surface area contributed by atoms with E-state index in [2.05, 4.69) is 0 Å². The number of sulfonamides is 1. The van der Waals surface area contributed by atoms with Crippen LogP contribution in [0.25, 0.3) is 0 Å². The topological polar surface area (TPSA) is 129 Å². The fourth-order valence-corrected chi connectivity index (χ4v) is 5.88. The molecular weight excluding hydrogens is 550 g/mol. The SMILES string of the molecule is O=C(NO)[C@@H]1CN(C(=O)CN2CCOCC2)CCN1S(=O)(=O)c1cc(F)c(Oc2ccc(Cl)cc2)c(F)c1. The lowest BCUT2D eigenvalue weighted by molar-refractivity contribution is -0.140. The van der Waals surface area contributed by atoms with Crippen molar-refractivity contribution in [1.82, 2.24) is 19.6 Å². The maximum absolute atomic E-state index is 14.8. The lowest BCUT2D eigenvalue weighted by Gasteiger charge is -2.40. The number of carbonyl (C=O) groups is 2. The van der Waals surface area contributed by atoms with Crippen LogP contribution in [0.1, 0.15) is 0 Å². The number of amides is 2. The number of hydroxylamine groups is 1. The minimum atomic E-state index is -4.64. The van der Waals surface area contributed by atoms with Gasteiger partial charge >= 0.3 is 0 Å². The van der Waals surface area contributed by atoms with Crippen molar-refractivity contribution in [2.45, 2.75) is 10.9 Å². The second-order valence-electron chi connectivity index (χ2n) is 8.61. The minimum absolute atomic E-state index is 0.0507. The van der Waals surface area contributed by atoms with E-state index in [9.17, 15) is 32.0 Å². The standard InChI is InChI=1S/C23H25ClF2N4O7S/c24-15-1-3-16(4-2-15)37-22-18(25)11-17(12-19(22)26)38(34,35)30-6-5-29(13-20(30)23(32)27-33)21(31)14-28-7-9-36-10-8-28/h1-4,11-12,20,33H,5-10,13-14H2,(H,27,32)/t20-/m0/s1. The lowest BCUT2D eigenvalue weighted by Crippen LogP contribution is -2.62. The Morgan fingerprint density at radius 3 is 2.32 bits per heavy atom. The Balaban J connectivity index is 1.54. The highest BCUT2D eigenvalue weighted by Crippen LogP contribution is 2.32. The van der Waals surface area contributed by atoms with E-state index in [1.165, 1.54) is 34.6 Å². The van der Waals surface area contributed by atoms with Crippen molar-refractivity contribution in [2.75, 3.05) is 52.5 Å². The maximum Gasteiger partial charge on any atom is 0.263 e. The molecule has 2 aromatic rings. The molecule has 2 N–H and O–H groups in total. The Kier molecular flexibility index (Phi) is 8.80. The van der Waals surface area contributed by atoms with Crippen LogP contribution < -0.4 is 10.2 Å². The molecule has 15 heteroatoms. The second-order valence-corrected chi connectivity index (χ2v) is 10.9. The molecule has 38 heavy (non-hydrogen) atoms. The predicted octanol–water partition coefficient (Wildman–Crippen LogP) is 1.45. The highest BCUT2D eigenvalue weighted by atomic mass is 35.5. The number of halogens is 3. The van der Waals surface area contributed by atoms with Crippen molar-refractivity contribution in [3.05, 3.63) is 53.1 Å². The molecule has 0 aromatic heterocycles. The van der Waals surface area contributed by atoms with Crippen LogP contribution in [0.15, 0.2) is 41.3 Å². The van der Waals surface area contributed by atoms with Crippen molar-refractivity contribution < 1.29 is 41.5 Å². The highest BCUT2D eigenvalue weighted by molar-refractivity contribution is 7.89. The van der Waals surface area contributed by atoms with Gasteiger partial charge in [-0.15, -0.1) is 0 Å². The summed E-state index contributed by atoms with van der Waals surface area (Å²) in [6.45, 7) is 1.33. The van der Waals surface area contributed by atoms with Crippen LogP contribution in [0.5, 0.6) is 11.5 Å². The largest absolute Gasteiger partial charge is 0.451 e. The molecule has 1 atom stereocenters. The van der Waals surface area contributed by atoms with Gasteiger partial charge in [0.25, 0.3) is 5.91 Å². The second kappa shape index (κ2) is 11.9. The van der Waals surface area contributed by atoms with Gasteiger partial charge in [-0.05, 0) is 36.4 Å².